The molecule has 0 fully saturated rings. The summed E-state index contributed by atoms with van der Waals surface area (Å²) >= 11 is 0. The number of carbonyl (C=O) groups is 2. The molecule has 0 saturated heterocycles. The summed E-state index contributed by atoms with van der Waals surface area (Å²) in [5.41, 5.74) is 2.91. The van der Waals surface area contributed by atoms with Crippen molar-refractivity contribution in [2.24, 2.45) is 4.99 Å². The van der Waals surface area contributed by atoms with E-state index in [4.69, 9.17) is 4.74 Å². The van der Waals surface area contributed by atoms with Gasteiger partial charge in [0.05, 0.1) is 18.1 Å². The minimum Gasteiger partial charge on any atom is -0.497 e. The zero-order chi connectivity index (χ0) is 26.8. The highest BCUT2D eigenvalue weighted by atomic mass is 16.5. The number of carbonyl (C=O) groups excluding carboxylic acids is 2. The molecule has 0 aliphatic carbocycles. The van der Waals surface area contributed by atoms with Crippen molar-refractivity contribution >= 4 is 40.0 Å². The first-order valence-electron chi connectivity index (χ1n) is 12.5. The van der Waals surface area contributed by atoms with E-state index in [0.717, 1.165) is 22.2 Å². The van der Waals surface area contributed by atoms with Crippen molar-refractivity contribution < 1.29 is 14.3 Å². The number of aliphatic imine (C=N–C) groups is 1. The van der Waals surface area contributed by atoms with E-state index in [1.807, 2.05) is 31.3 Å². The second kappa shape index (κ2) is 10.4. The van der Waals surface area contributed by atoms with E-state index in [0.29, 0.717) is 47.4 Å². The Labute approximate surface area is 218 Å². The second-order valence-electron chi connectivity index (χ2n) is 8.98. The minimum absolute atomic E-state index is 0.0945. The van der Waals surface area contributed by atoms with Gasteiger partial charge in [-0.15, -0.1) is 0 Å². The number of amides is 2. The van der Waals surface area contributed by atoms with E-state index in [-0.39, 0.29) is 30.3 Å². The monoisotopic (exact) mass is 512 g/mol. The molecule has 10 heteroatoms. The first-order chi connectivity index (χ1) is 18.5. The van der Waals surface area contributed by atoms with E-state index in [1.165, 1.54) is 11.1 Å². The molecular formula is C28H28N6O4. The third-order valence-electron chi connectivity index (χ3n) is 6.86. The summed E-state index contributed by atoms with van der Waals surface area (Å²) in [5, 5.41) is 1.44. The molecule has 3 aromatic heterocycles. The summed E-state index contributed by atoms with van der Waals surface area (Å²) in [6.45, 7) is 2.30. The van der Waals surface area contributed by atoms with Gasteiger partial charge < -0.3 is 9.72 Å². The molecule has 1 aliphatic heterocycles. The molecule has 5 rings (SSSR count). The van der Waals surface area contributed by atoms with Crippen LogP contribution in [-0.4, -0.2) is 63.2 Å². The fourth-order valence-electron chi connectivity index (χ4n) is 4.91. The maximum Gasteiger partial charge on any atom is 0.263 e. The number of pyridine rings is 1. The van der Waals surface area contributed by atoms with Crippen molar-refractivity contribution in [2.45, 2.75) is 32.7 Å². The van der Waals surface area contributed by atoms with Gasteiger partial charge in [-0.3, -0.25) is 28.8 Å². The van der Waals surface area contributed by atoms with Gasteiger partial charge in [0.1, 0.15) is 11.6 Å². The molecule has 1 aromatic carbocycles. The number of nitrogens with zero attached hydrogens (tertiary/aromatic N) is 5. The molecule has 0 radical (unpaired) electrons. The summed E-state index contributed by atoms with van der Waals surface area (Å²) in [6.07, 6.45) is 6.16. The Morgan fingerprint density at radius 3 is 2.68 bits per heavy atom. The summed E-state index contributed by atoms with van der Waals surface area (Å²) < 4.78 is 7.00. The van der Waals surface area contributed by atoms with E-state index < -0.39 is 0 Å². The number of methoxy groups -OCH3 is 1. The highest BCUT2D eigenvalue weighted by Gasteiger charge is 2.36. The SMILES string of the molecule is CCC1=C(C=NC)C(=O)N(CCc2nc3ncccc3c(=O)n2CCc2c[nH]c3ccc(OC)cc23)C1=O. The Morgan fingerprint density at radius 1 is 1.08 bits per heavy atom. The number of hydrogen-bond acceptors (Lipinski definition) is 7. The van der Waals surface area contributed by atoms with E-state index in [9.17, 15) is 14.4 Å². The van der Waals surface area contributed by atoms with E-state index in [2.05, 4.69) is 19.9 Å². The molecule has 4 aromatic rings. The summed E-state index contributed by atoms with van der Waals surface area (Å²) in [6, 6.07) is 9.22. The van der Waals surface area contributed by atoms with Gasteiger partial charge in [0, 0.05) is 61.6 Å². The Hall–Kier alpha value is -4.60. The lowest BCUT2D eigenvalue weighted by atomic mass is 10.1. The van der Waals surface area contributed by atoms with Crippen LogP contribution in [0.5, 0.6) is 5.75 Å². The number of ether oxygens (including phenoxy) is 1. The van der Waals surface area contributed by atoms with Crippen molar-refractivity contribution in [3.8, 4) is 5.75 Å². The van der Waals surface area contributed by atoms with Gasteiger partial charge in [-0.2, -0.15) is 0 Å². The van der Waals surface area contributed by atoms with Crippen molar-refractivity contribution in [1.82, 2.24) is 24.4 Å². The standard InChI is InChI=1S/C28H28N6O4/c1-4-19-22(16-29-2)28(37)34(26(19)35)13-10-24-32-25-20(6-5-11-30-25)27(36)33(24)12-9-17-15-31-23-8-7-18(38-3)14-21(17)23/h5-8,11,14-16,31H,4,9-10,12-13H2,1-3H3. The fraction of sp³-hybridized carbons (Fsp3) is 0.286. The normalized spacial score (nSPS) is 14.1. The van der Waals surface area contributed by atoms with Crippen LogP contribution < -0.4 is 10.3 Å². The molecule has 0 atom stereocenters. The lowest BCUT2D eigenvalue weighted by molar-refractivity contribution is -0.137. The molecule has 10 nitrogen and oxygen atoms in total. The van der Waals surface area contributed by atoms with Crippen LogP contribution in [0.4, 0.5) is 0 Å². The molecule has 4 heterocycles. The maximum absolute atomic E-state index is 13.5. The minimum atomic E-state index is -0.377. The molecule has 0 saturated carbocycles. The van der Waals surface area contributed by atoms with Crippen LogP contribution in [0.25, 0.3) is 21.9 Å². The lowest BCUT2D eigenvalue weighted by Crippen LogP contribution is -2.35. The van der Waals surface area contributed by atoms with Gasteiger partial charge in [-0.1, -0.05) is 6.92 Å². The first kappa shape index (κ1) is 25.1. The molecule has 1 N–H and O–H groups in total. The molecule has 38 heavy (non-hydrogen) atoms. The van der Waals surface area contributed by atoms with Gasteiger partial charge in [0.2, 0.25) is 0 Å². The van der Waals surface area contributed by atoms with Crippen LogP contribution in [-0.2, 0) is 29.0 Å². The van der Waals surface area contributed by atoms with Crippen LogP contribution in [0.3, 0.4) is 0 Å². The van der Waals surface area contributed by atoms with Crippen molar-refractivity contribution in [1.29, 1.82) is 0 Å². The van der Waals surface area contributed by atoms with Crippen LogP contribution in [0, 0.1) is 0 Å². The molecule has 194 valence electrons. The van der Waals surface area contributed by atoms with Gasteiger partial charge in [0.25, 0.3) is 17.4 Å². The van der Waals surface area contributed by atoms with Crippen LogP contribution in [0.1, 0.15) is 24.7 Å². The Bertz CT molecular complexity index is 1680. The van der Waals surface area contributed by atoms with Crippen LogP contribution in [0.15, 0.2) is 63.7 Å². The first-order valence-corrected chi connectivity index (χ1v) is 12.5. The highest BCUT2D eigenvalue weighted by Crippen LogP contribution is 2.25. The van der Waals surface area contributed by atoms with Crippen molar-refractivity contribution in [3.63, 3.8) is 0 Å². The lowest BCUT2D eigenvalue weighted by Gasteiger charge is -2.17. The summed E-state index contributed by atoms with van der Waals surface area (Å²) in [5.74, 6) is 0.517. The Morgan fingerprint density at radius 2 is 1.92 bits per heavy atom. The zero-order valence-corrected chi connectivity index (χ0v) is 21.5. The van der Waals surface area contributed by atoms with Crippen molar-refractivity contribution in [3.05, 3.63) is 75.6 Å². The number of aryl methyl sites for hydroxylation is 1. The van der Waals surface area contributed by atoms with Gasteiger partial charge in [0.15, 0.2) is 5.65 Å². The molecule has 0 spiro atoms. The number of imide groups is 1. The van der Waals surface area contributed by atoms with Crippen LogP contribution >= 0.6 is 0 Å². The Balaban J connectivity index is 1.46. The molecule has 0 bridgehead atoms. The van der Waals surface area contributed by atoms with Crippen LogP contribution in [0.2, 0.25) is 0 Å². The Kier molecular flexibility index (Phi) is 6.87. The molecule has 1 aliphatic rings. The predicted molar refractivity (Wildman–Crippen MR) is 145 cm³/mol. The zero-order valence-electron chi connectivity index (χ0n) is 21.5. The number of rotatable bonds is 9. The summed E-state index contributed by atoms with van der Waals surface area (Å²) in [4.78, 5) is 56.8. The van der Waals surface area contributed by atoms with E-state index in [1.54, 1.807) is 37.1 Å². The number of benzene rings is 1. The van der Waals surface area contributed by atoms with Gasteiger partial charge in [-0.05, 0) is 48.7 Å². The average Bonchev–Trinajstić information content (AvgIpc) is 3.44. The molecule has 0 unspecified atom stereocenters. The maximum atomic E-state index is 13.5. The predicted octanol–water partition coefficient (Wildman–Crippen LogP) is 2.84. The second-order valence-corrected chi connectivity index (χ2v) is 8.98. The summed E-state index contributed by atoms with van der Waals surface area (Å²) in [7, 11) is 3.19. The number of aromatic nitrogens is 4. The largest absolute Gasteiger partial charge is 0.497 e. The third-order valence-corrected chi connectivity index (χ3v) is 6.86. The molecular weight excluding hydrogens is 484 g/mol. The van der Waals surface area contributed by atoms with E-state index >= 15 is 0 Å². The topological polar surface area (TPSA) is 123 Å². The number of fused-ring (bicyclic) bond motifs is 2. The smallest absolute Gasteiger partial charge is 0.263 e. The third kappa shape index (κ3) is 4.38. The number of aromatic amines is 1. The van der Waals surface area contributed by atoms with Crippen molar-refractivity contribution in [2.75, 3.05) is 20.7 Å². The number of H-pyrrole nitrogens is 1. The quantitative estimate of drug-likeness (QED) is 0.272. The average molecular weight is 513 g/mol. The fourth-order valence-corrected chi connectivity index (χ4v) is 4.91. The highest BCUT2D eigenvalue weighted by molar-refractivity contribution is 6.28. The van der Waals surface area contributed by atoms with Gasteiger partial charge in [-0.25, -0.2) is 9.97 Å². The van der Waals surface area contributed by atoms with Gasteiger partial charge >= 0.3 is 0 Å². The number of nitrogens with one attached hydrogen (secondary N) is 1. The number of hydrogen-bond donors (Lipinski definition) is 1. The molecule has 2 amide bonds.